The third kappa shape index (κ3) is 3.76. The molecule has 21 heavy (non-hydrogen) atoms. The quantitative estimate of drug-likeness (QED) is 0.787. The Labute approximate surface area is 124 Å². The van der Waals surface area contributed by atoms with Crippen LogP contribution in [0.5, 0.6) is 0 Å². The fourth-order valence-electron chi connectivity index (χ4n) is 2.27. The van der Waals surface area contributed by atoms with E-state index in [0.29, 0.717) is 13.1 Å². The Morgan fingerprint density at radius 2 is 2.05 bits per heavy atom. The Balaban J connectivity index is 1.82. The van der Waals surface area contributed by atoms with Crippen LogP contribution in [0.4, 0.5) is 4.79 Å². The fraction of sp³-hybridized carbons (Fsp3) is 0.400. The monoisotopic (exact) mass is 307 g/mol. The molecule has 1 amide bonds. The van der Waals surface area contributed by atoms with Gasteiger partial charge in [-0.2, -0.15) is 0 Å². The highest BCUT2D eigenvalue weighted by atomic mass is 32.2. The van der Waals surface area contributed by atoms with Gasteiger partial charge in [0.15, 0.2) is 9.84 Å². The van der Waals surface area contributed by atoms with Crippen molar-refractivity contribution in [2.45, 2.75) is 11.9 Å². The van der Waals surface area contributed by atoms with Crippen molar-refractivity contribution in [3.63, 3.8) is 0 Å². The van der Waals surface area contributed by atoms with E-state index in [0.717, 1.165) is 11.8 Å². The fourth-order valence-corrected chi connectivity index (χ4v) is 3.39. The molecule has 1 aliphatic rings. The van der Waals surface area contributed by atoms with Crippen molar-refractivity contribution in [1.82, 2.24) is 4.90 Å². The number of amides is 1. The zero-order valence-corrected chi connectivity index (χ0v) is 12.5. The van der Waals surface area contributed by atoms with Gasteiger partial charge in [0.2, 0.25) is 0 Å². The highest BCUT2D eigenvalue weighted by molar-refractivity contribution is 7.91. The average Bonchev–Trinajstić information content (AvgIpc) is 2.39. The molecule has 112 valence electrons. The lowest BCUT2D eigenvalue weighted by Gasteiger charge is -2.40. The van der Waals surface area contributed by atoms with Gasteiger partial charge in [0.1, 0.15) is 11.9 Å². The third-order valence-corrected chi connectivity index (χ3v) is 4.87. The largest absolute Gasteiger partial charge is 0.445 e. The van der Waals surface area contributed by atoms with E-state index in [9.17, 15) is 13.2 Å². The Morgan fingerprint density at radius 3 is 2.57 bits per heavy atom. The number of ether oxygens (including phenoxy) is 1. The van der Waals surface area contributed by atoms with Gasteiger partial charge in [-0.1, -0.05) is 36.3 Å². The van der Waals surface area contributed by atoms with E-state index >= 15 is 0 Å². The van der Waals surface area contributed by atoms with Crippen LogP contribution in [0.15, 0.2) is 30.3 Å². The number of sulfone groups is 1. The van der Waals surface area contributed by atoms with Crippen LogP contribution in [0.2, 0.25) is 0 Å². The molecule has 0 aliphatic carbocycles. The Morgan fingerprint density at radius 1 is 1.43 bits per heavy atom. The zero-order valence-electron chi connectivity index (χ0n) is 11.7. The van der Waals surface area contributed by atoms with Crippen LogP contribution in [0.25, 0.3) is 0 Å². The third-order valence-electron chi connectivity index (χ3n) is 3.43. The van der Waals surface area contributed by atoms with Crippen molar-refractivity contribution >= 4 is 15.9 Å². The van der Waals surface area contributed by atoms with Crippen LogP contribution in [0, 0.1) is 18.3 Å². The van der Waals surface area contributed by atoms with Gasteiger partial charge < -0.3 is 9.64 Å². The highest BCUT2D eigenvalue weighted by Gasteiger charge is 2.40. The predicted octanol–water partition coefficient (Wildman–Crippen LogP) is 1.30. The number of likely N-dealkylation sites (tertiary alicyclic amines) is 1. The molecule has 0 bridgehead atoms. The van der Waals surface area contributed by atoms with Crippen molar-refractivity contribution in [3.05, 3.63) is 35.9 Å². The summed E-state index contributed by atoms with van der Waals surface area (Å²) in [7, 11) is -3.29. The summed E-state index contributed by atoms with van der Waals surface area (Å²) in [6, 6.07) is 9.35. The number of terminal acetylenes is 1. The van der Waals surface area contributed by atoms with E-state index in [2.05, 4.69) is 5.92 Å². The van der Waals surface area contributed by atoms with Crippen LogP contribution in [-0.4, -0.2) is 44.0 Å². The topological polar surface area (TPSA) is 63.7 Å². The summed E-state index contributed by atoms with van der Waals surface area (Å²) >= 11 is 0. The summed E-state index contributed by atoms with van der Waals surface area (Å²) < 4.78 is 28.2. The molecule has 0 aromatic heterocycles. The van der Waals surface area contributed by atoms with E-state index < -0.39 is 21.2 Å². The minimum absolute atomic E-state index is 0.200. The Bertz CT molecular complexity index is 642. The van der Waals surface area contributed by atoms with E-state index in [1.54, 1.807) is 0 Å². The minimum Gasteiger partial charge on any atom is -0.445 e. The summed E-state index contributed by atoms with van der Waals surface area (Å²) in [5.41, 5.74) is 0.903. The zero-order chi connectivity index (χ0) is 15.5. The molecule has 1 fully saturated rings. The molecule has 1 aliphatic heterocycles. The lowest BCUT2D eigenvalue weighted by atomic mass is 9.97. The smallest absolute Gasteiger partial charge is 0.410 e. The molecule has 1 saturated heterocycles. The number of carbonyl (C=O) groups excluding carboxylic acids is 1. The molecule has 6 heteroatoms. The average molecular weight is 307 g/mol. The first kappa shape index (κ1) is 15.4. The van der Waals surface area contributed by atoms with Gasteiger partial charge in [-0.25, -0.2) is 13.2 Å². The van der Waals surface area contributed by atoms with Gasteiger partial charge in [0, 0.05) is 25.3 Å². The van der Waals surface area contributed by atoms with Crippen LogP contribution >= 0.6 is 0 Å². The summed E-state index contributed by atoms with van der Waals surface area (Å²) in [6.07, 6.45) is 5.94. The molecule has 5 nitrogen and oxygen atoms in total. The molecule has 1 unspecified atom stereocenters. The van der Waals surface area contributed by atoms with Crippen LogP contribution < -0.4 is 0 Å². The first-order valence-electron chi connectivity index (χ1n) is 6.52. The molecular formula is C15H17NO4S. The molecule has 0 spiro atoms. The molecule has 0 saturated carbocycles. The first-order valence-corrected chi connectivity index (χ1v) is 8.48. The maximum atomic E-state index is 11.8. The molecule has 2 rings (SSSR count). The van der Waals surface area contributed by atoms with E-state index in [4.69, 9.17) is 11.2 Å². The number of rotatable bonds is 4. The van der Waals surface area contributed by atoms with Gasteiger partial charge in [-0.05, 0) is 5.56 Å². The summed E-state index contributed by atoms with van der Waals surface area (Å²) in [5.74, 6) is 2.08. The summed E-state index contributed by atoms with van der Waals surface area (Å²) in [6.45, 7) is 0.830. The molecule has 1 atom stereocenters. The van der Waals surface area contributed by atoms with Gasteiger partial charge >= 0.3 is 6.09 Å². The van der Waals surface area contributed by atoms with Crippen molar-refractivity contribution in [3.8, 4) is 12.3 Å². The lowest BCUT2D eigenvalue weighted by Crippen LogP contribution is -2.55. The van der Waals surface area contributed by atoms with Crippen molar-refractivity contribution in [2.75, 3.05) is 19.3 Å². The first-order chi connectivity index (χ1) is 9.91. The van der Waals surface area contributed by atoms with Gasteiger partial charge in [-0.3, -0.25) is 0 Å². The van der Waals surface area contributed by atoms with Crippen LogP contribution in [0.1, 0.15) is 5.56 Å². The second-order valence-electron chi connectivity index (χ2n) is 5.12. The van der Waals surface area contributed by atoms with E-state index in [-0.39, 0.29) is 12.5 Å². The second-order valence-corrected chi connectivity index (χ2v) is 7.29. The van der Waals surface area contributed by atoms with Crippen molar-refractivity contribution < 1.29 is 17.9 Å². The molecule has 0 N–H and O–H groups in total. The summed E-state index contributed by atoms with van der Waals surface area (Å²) in [5, 5.41) is -0.837. The number of benzene rings is 1. The number of hydrogen-bond donors (Lipinski definition) is 0. The number of hydrogen-bond acceptors (Lipinski definition) is 4. The Kier molecular flexibility index (Phi) is 4.53. The van der Waals surface area contributed by atoms with Crippen LogP contribution in [0.3, 0.4) is 0 Å². The highest BCUT2D eigenvalue weighted by Crippen LogP contribution is 2.24. The van der Waals surface area contributed by atoms with Gasteiger partial charge in [0.05, 0.1) is 0 Å². The lowest BCUT2D eigenvalue weighted by molar-refractivity contribution is 0.0515. The van der Waals surface area contributed by atoms with Gasteiger partial charge in [0.25, 0.3) is 0 Å². The standard InChI is InChI=1S/C15H17NO4S/c1-3-14(21(2,18)19)13-9-16(10-13)15(17)20-11-12-7-5-4-6-8-12/h1,4-8,13-14H,9-11H2,2H3. The SMILES string of the molecule is C#CC(C1CN(C(=O)OCc2ccccc2)C1)S(C)(=O)=O. The second kappa shape index (κ2) is 6.19. The number of carbonyl (C=O) groups is 1. The normalized spacial score (nSPS) is 16.7. The van der Waals surface area contributed by atoms with Crippen molar-refractivity contribution in [1.29, 1.82) is 0 Å². The van der Waals surface area contributed by atoms with E-state index in [1.807, 2.05) is 30.3 Å². The van der Waals surface area contributed by atoms with Gasteiger partial charge in [-0.15, -0.1) is 6.42 Å². The molecule has 1 heterocycles. The molecule has 1 aromatic carbocycles. The van der Waals surface area contributed by atoms with Crippen LogP contribution in [-0.2, 0) is 21.2 Å². The molecular weight excluding hydrogens is 290 g/mol. The molecule has 1 aromatic rings. The maximum absolute atomic E-state index is 11.8. The van der Waals surface area contributed by atoms with Crippen molar-refractivity contribution in [2.24, 2.45) is 5.92 Å². The number of nitrogens with zero attached hydrogens (tertiary/aromatic N) is 1. The Hall–Kier alpha value is -2.00. The predicted molar refractivity (Wildman–Crippen MR) is 79.2 cm³/mol. The van der Waals surface area contributed by atoms with E-state index in [1.165, 1.54) is 4.90 Å². The minimum atomic E-state index is -3.29. The maximum Gasteiger partial charge on any atom is 0.410 e. The molecule has 0 radical (unpaired) electrons. The summed E-state index contributed by atoms with van der Waals surface area (Å²) in [4.78, 5) is 13.3.